The summed E-state index contributed by atoms with van der Waals surface area (Å²) in [6.07, 6.45) is 3.17. The number of hydrogen-bond donors (Lipinski definition) is 0. The summed E-state index contributed by atoms with van der Waals surface area (Å²) < 4.78 is 10.3. The third-order valence-electron chi connectivity index (χ3n) is 2.59. The fourth-order valence-electron chi connectivity index (χ4n) is 1.31. The Bertz CT molecular complexity index is 464. The number of carbonyl (C=O) groups is 1. The van der Waals surface area contributed by atoms with Gasteiger partial charge in [-0.05, 0) is 44.2 Å². The minimum Gasteiger partial charge on any atom is -0.496 e. The highest BCUT2D eigenvalue weighted by Gasteiger charge is 2.14. The van der Waals surface area contributed by atoms with E-state index >= 15 is 0 Å². The number of allylic oxidation sites excluding steroid dienone is 1. The van der Waals surface area contributed by atoms with Crippen molar-refractivity contribution in [3.8, 4) is 5.75 Å². The lowest BCUT2D eigenvalue weighted by molar-refractivity contribution is 0.0649. The average Bonchev–Trinajstić information content (AvgIpc) is 2.36. The van der Waals surface area contributed by atoms with E-state index in [0.29, 0.717) is 16.3 Å². The van der Waals surface area contributed by atoms with E-state index in [4.69, 9.17) is 21.1 Å². The Morgan fingerprint density at radius 2 is 2.00 bits per heavy atom. The highest BCUT2D eigenvalue weighted by Crippen LogP contribution is 2.23. The summed E-state index contributed by atoms with van der Waals surface area (Å²) in [5, 5.41) is 0.499. The zero-order chi connectivity index (χ0) is 13.8. The van der Waals surface area contributed by atoms with E-state index < -0.39 is 5.60 Å². The molecule has 18 heavy (non-hydrogen) atoms. The number of ether oxygens (including phenoxy) is 2. The number of rotatable bonds is 5. The minimum atomic E-state index is -0.485. The molecule has 1 aromatic carbocycles. The maximum absolute atomic E-state index is 12.1. The highest BCUT2D eigenvalue weighted by molar-refractivity contribution is 6.31. The van der Waals surface area contributed by atoms with Crippen LogP contribution in [0, 0.1) is 0 Å². The number of halogens is 1. The average molecular weight is 269 g/mol. The Kier molecular flexibility index (Phi) is 4.93. The van der Waals surface area contributed by atoms with Gasteiger partial charge in [-0.2, -0.15) is 0 Å². The molecular formula is C14H17ClO3. The molecule has 0 heterocycles. The number of benzene rings is 1. The van der Waals surface area contributed by atoms with Crippen LogP contribution < -0.4 is 4.74 Å². The van der Waals surface area contributed by atoms with Crippen molar-refractivity contribution in [3.05, 3.63) is 40.9 Å². The van der Waals surface area contributed by atoms with Crippen LogP contribution in [0.25, 0.3) is 0 Å². The first kappa shape index (κ1) is 14.7. The molecule has 4 heteroatoms. The normalized spacial score (nSPS) is 11.8. The molecule has 0 aliphatic carbocycles. The fraction of sp³-hybridized carbons (Fsp3) is 0.357. The van der Waals surface area contributed by atoms with E-state index in [2.05, 4.69) is 0 Å². The van der Waals surface area contributed by atoms with Gasteiger partial charge in [0.1, 0.15) is 5.75 Å². The maximum Gasteiger partial charge on any atom is 0.189 e. The van der Waals surface area contributed by atoms with Crippen molar-refractivity contribution in [1.29, 1.82) is 0 Å². The Hall–Kier alpha value is -1.32. The van der Waals surface area contributed by atoms with Crippen LogP contribution in [-0.4, -0.2) is 25.6 Å². The third-order valence-corrected chi connectivity index (χ3v) is 2.82. The Balaban J connectivity index is 3.01. The zero-order valence-corrected chi connectivity index (χ0v) is 11.7. The molecule has 0 atom stereocenters. The van der Waals surface area contributed by atoms with Gasteiger partial charge in [-0.1, -0.05) is 11.6 Å². The van der Waals surface area contributed by atoms with Crippen LogP contribution in [-0.2, 0) is 4.74 Å². The van der Waals surface area contributed by atoms with E-state index in [1.807, 2.05) is 13.8 Å². The molecule has 0 aromatic heterocycles. The molecule has 0 saturated carbocycles. The molecule has 1 rings (SSSR count). The lowest BCUT2D eigenvalue weighted by Gasteiger charge is -2.17. The molecule has 0 aliphatic rings. The van der Waals surface area contributed by atoms with Crippen molar-refractivity contribution in [2.75, 3.05) is 14.2 Å². The fourth-order valence-corrected chi connectivity index (χ4v) is 1.48. The molecule has 98 valence electrons. The molecule has 0 spiro atoms. The van der Waals surface area contributed by atoms with Gasteiger partial charge in [-0.25, -0.2) is 0 Å². The van der Waals surface area contributed by atoms with Gasteiger partial charge in [0.25, 0.3) is 0 Å². The van der Waals surface area contributed by atoms with Crippen LogP contribution in [0.5, 0.6) is 5.75 Å². The number of methoxy groups -OCH3 is 2. The largest absolute Gasteiger partial charge is 0.496 e. The first-order valence-corrected chi connectivity index (χ1v) is 5.89. The van der Waals surface area contributed by atoms with E-state index in [-0.39, 0.29) is 5.78 Å². The summed E-state index contributed by atoms with van der Waals surface area (Å²) in [5.74, 6) is 0.337. The van der Waals surface area contributed by atoms with E-state index in [1.165, 1.54) is 13.2 Å². The standard InChI is InChI=1S/C14H17ClO3/c1-14(2,18-4)8-7-12(16)11-9-10(15)5-6-13(11)17-3/h5-9H,1-4H3. The van der Waals surface area contributed by atoms with E-state index in [0.717, 1.165) is 0 Å². The quantitative estimate of drug-likeness (QED) is 0.606. The lowest BCUT2D eigenvalue weighted by atomic mass is 10.1. The molecular weight excluding hydrogens is 252 g/mol. The molecule has 1 aromatic rings. The summed E-state index contributed by atoms with van der Waals surface area (Å²) in [7, 11) is 3.11. The highest BCUT2D eigenvalue weighted by atomic mass is 35.5. The first-order valence-electron chi connectivity index (χ1n) is 5.52. The van der Waals surface area contributed by atoms with Gasteiger partial charge in [0.05, 0.1) is 18.3 Å². The van der Waals surface area contributed by atoms with Crippen molar-refractivity contribution in [3.63, 3.8) is 0 Å². The van der Waals surface area contributed by atoms with Crippen LogP contribution in [0.1, 0.15) is 24.2 Å². The SMILES string of the molecule is COc1ccc(Cl)cc1C(=O)C=CC(C)(C)OC. The summed E-state index contributed by atoms with van der Waals surface area (Å²) in [6, 6.07) is 4.94. The van der Waals surface area contributed by atoms with Gasteiger partial charge in [-0.3, -0.25) is 4.79 Å². The van der Waals surface area contributed by atoms with Crippen LogP contribution in [0.4, 0.5) is 0 Å². The second kappa shape index (κ2) is 6.03. The first-order chi connectivity index (χ1) is 8.39. The minimum absolute atomic E-state index is 0.167. The molecule has 0 radical (unpaired) electrons. The molecule has 0 unspecified atom stereocenters. The van der Waals surface area contributed by atoms with E-state index in [1.54, 1.807) is 31.4 Å². The Labute approximate surface area is 112 Å². The third kappa shape index (κ3) is 3.86. The van der Waals surface area contributed by atoms with Gasteiger partial charge in [0.15, 0.2) is 5.78 Å². The van der Waals surface area contributed by atoms with Crippen molar-refractivity contribution < 1.29 is 14.3 Å². The molecule has 0 amide bonds. The van der Waals surface area contributed by atoms with Crippen molar-refractivity contribution >= 4 is 17.4 Å². The van der Waals surface area contributed by atoms with Gasteiger partial charge >= 0.3 is 0 Å². The van der Waals surface area contributed by atoms with Crippen LogP contribution in [0.2, 0.25) is 5.02 Å². The monoisotopic (exact) mass is 268 g/mol. The van der Waals surface area contributed by atoms with Crippen molar-refractivity contribution in [1.82, 2.24) is 0 Å². The van der Waals surface area contributed by atoms with Gasteiger partial charge in [0.2, 0.25) is 0 Å². The summed E-state index contributed by atoms with van der Waals surface area (Å²) in [5.41, 5.74) is -0.0465. The maximum atomic E-state index is 12.1. The number of ketones is 1. The molecule has 0 bridgehead atoms. The number of hydrogen-bond acceptors (Lipinski definition) is 3. The summed E-state index contributed by atoms with van der Waals surface area (Å²) in [6.45, 7) is 3.73. The van der Waals surface area contributed by atoms with Gasteiger partial charge in [-0.15, -0.1) is 0 Å². The second-order valence-corrected chi connectivity index (χ2v) is 4.79. The Morgan fingerprint density at radius 3 is 2.56 bits per heavy atom. The van der Waals surface area contributed by atoms with Crippen LogP contribution in [0.3, 0.4) is 0 Å². The second-order valence-electron chi connectivity index (χ2n) is 4.35. The van der Waals surface area contributed by atoms with Crippen molar-refractivity contribution in [2.24, 2.45) is 0 Å². The molecule has 0 aliphatic heterocycles. The topological polar surface area (TPSA) is 35.5 Å². The van der Waals surface area contributed by atoms with Crippen LogP contribution >= 0.6 is 11.6 Å². The van der Waals surface area contributed by atoms with Gasteiger partial charge < -0.3 is 9.47 Å². The molecule has 0 N–H and O–H groups in total. The van der Waals surface area contributed by atoms with Crippen LogP contribution in [0.15, 0.2) is 30.4 Å². The predicted octanol–water partition coefficient (Wildman–Crippen LogP) is 3.51. The molecule has 3 nitrogen and oxygen atoms in total. The lowest BCUT2D eigenvalue weighted by Crippen LogP contribution is -2.19. The summed E-state index contributed by atoms with van der Waals surface area (Å²) in [4.78, 5) is 12.1. The molecule has 0 saturated heterocycles. The number of carbonyl (C=O) groups excluding carboxylic acids is 1. The van der Waals surface area contributed by atoms with Crippen molar-refractivity contribution in [2.45, 2.75) is 19.4 Å². The smallest absolute Gasteiger partial charge is 0.189 e. The molecule has 0 fully saturated rings. The summed E-state index contributed by atoms with van der Waals surface area (Å²) >= 11 is 5.88. The van der Waals surface area contributed by atoms with Gasteiger partial charge in [0, 0.05) is 12.1 Å². The zero-order valence-electron chi connectivity index (χ0n) is 11.0. The Morgan fingerprint density at radius 1 is 1.33 bits per heavy atom. The van der Waals surface area contributed by atoms with E-state index in [9.17, 15) is 4.79 Å². The predicted molar refractivity (Wildman–Crippen MR) is 72.6 cm³/mol.